The number of hydrogen-bond donors (Lipinski definition) is 0. The van der Waals surface area contributed by atoms with Crippen LogP contribution in [0.5, 0.6) is 0 Å². The summed E-state index contributed by atoms with van der Waals surface area (Å²) < 4.78 is 10.9. The van der Waals surface area contributed by atoms with Gasteiger partial charge in [0.15, 0.2) is 0 Å². The highest BCUT2D eigenvalue weighted by molar-refractivity contribution is 7.37. The normalized spacial score (nSPS) is 12.3. The van der Waals surface area contributed by atoms with Crippen LogP contribution in [0.1, 0.15) is 0 Å². The van der Waals surface area contributed by atoms with Crippen LogP contribution in [0.15, 0.2) is 121 Å². The van der Waals surface area contributed by atoms with E-state index in [1.54, 1.807) is 0 Å². The molecule has 46 heavy (non-hydrogen) atoms. The quantitative estimate of drug-likeness (QED) is 0.173. The summed E-state index contributed by atoms with van der Waals surface area (Å²) in [4.78, 5) is 10.3. The largest absolute Gasteiger partial charge is 0.248 e. The monoisotopic (exact) mass is 656 g/mol. The third kappa shape index (κ3) is 3.67. The van der Waals surface area contributed by atoms with E-state index >= 15 is 0 Å². The van der Waals surface area contributed by atoms with Crippen LogP contribution in [0.2, 0.25) is 0 Å². The molecule has 0 aliphatic carbocycles. The van der Waals surface area contributed by atoms with E-state index in [0.717, 1.165) is 44.3 Å². The first-order valence-corrected chi connectivity index (χ1v) is 18.4. The van der Waals surface area contributed by atoms with Gasteiger partial charge in [0.05, 0.1) is 41.2 Å². The zero-order chi connectivity index (χ0) is 29.9. The van der Waals surface area contributed by atoms with Crippen LogP contribution in [-0.2, 0) is 0 Å². The summed E-state index contributed by atoms with van der Waals surface area (Å²) in [6.45, 7) is 0. The Balaban J connectivity index is 0.971. The summed E-state index contributed by atoms with van der Waals surface area (Å²) in [5, 5.41) is 7.60. The lowest BCUT2D eigenvalue weighted by Gasteiger charge is -2.07. The Labute approximate surface area is 278 Å². The highest BCUT2D eigenvalue weighted by atomic mass is 32.1. The van der Waals surface area contributed by atoms with E-state index in [2.05, 4.69) is 121 Å². The predicted molar refractivity (Wildman–Crippen MR) is 204 cm³/mol. The van der Waals surface area contributed by atoms with Crippen molar-refractivity contribution in [3.63, 3.8) is 0 Å². The minimum absolute atomic E-state index is 0.991. The minimum Gasteiger partial charge on any atom is -0.248 e. The van der Waals surface area contributed by atoms with Crippen LogP contribution in [-0.4, -0.2) is 9.97 Å². The fourth-order valence-corrected chi connectivity index (χ4v) is 12.2. The van der Waals surface area contributed by atoms with Crippen LogP contribution < -0.4 is 0 Å². The second-order valence-electron chi connectivity index (χ2n) is 11.8. The number of benzene rings is 5. The molecule has 214 valence electrons. The molecule has 11 aromatic rings. The SMILES string of the molecule is c1ccc2c(c1)sc1c3ccc(-c4ccc5cc6nc(-c7ccc8c(c7)sc7c9ccccc9sc87)ccc6cc5n4)cc3sc21. The number of hydrogen-bond acceptors (Lipinski definition) is 6. The molecule has 6 heteroatoms. The molecule has 6 aromatic heterocycles. The van der Waals surface area contributed by atoms with E-state index in [0.29, 0.717) is 0 Å². The molecule has 0 fully saturated rings. The van der Waals surface area contributed by atoms with Crippen LogP contribution in [0.3, 0.4) is 0 Å². The maximum atomic E-state index is 5.13. The van der Waals surface area contributed by atoms with Gasteiger partial charge in [-0.15, -0.1) is 45.3 Å². The van der Waals surface area contributed by atoms with Crippen molar-refractivity contribution in [1.82, 2.24) is 9.97 Å². The molecular weight excluding hydrogens is 637 g/mol. The van der Waals surface area contributed by atoms with Crippen molar-refractivity contribution in [2.45, 2.75) is 0 Å². The van der Waals surface area contributed by atoms with E-state index in [9.17, 15) is 0 Å². The summed E-state index contributed by atoms with van der Waals surface area (Å²) in [6.07, 6.45) is 0. The molecule has 0 aliphatic rings. The van der Waals surface area contributed by atoms with Gasteiger partial charge in [-0.3, -0.25) is 0 Å². The third-order valence-corrected chi connectivity index (χ3v) is 14.1. The van der Waals surface area contributed by atoms with Crippen molar-refractivity contribution in [2.75, 3.05) is 0 Å². The third-order valence-electron chi connectivity index (χ3n) is 9.07. The van der Waals surface area contributed by atoms with Crippen molar-refractivity contribution >= 4 is 126 Å². The average Bonchev–Trinajstić information content (AvgIpc) is 3.84. The fourth-order valence-electron chi connectivity index (χ4n) is 6.79. The van der Waals surface area contributed by atoms with E-state index < -0.39 is 0 Å². The number of rotatable bonds is 2. The van der Waals surface area contributed by atoms with E-state index in [1.807, 2.05) is 45.3 Å². The Kier molecular flexibility index (Phi) is 5.21. The lowest BCUT2D eigenvalue weighted by atomic mass is 10.1. The van der Waals surface area contributed by atoms with Gasteiger partial charge in [0, 0.05) is 62.2 Å². The highest BCUT2D eigenvalue weighted by Crippen LogP contribution is 2.46. The summed E-state index contributed by atoms with van der Waals surface area (Å²) in [7, 11) is 0. The first-order valence-electron chi connectivity index (χ1n) is 15.1. The lowest BCUT2D eigenvalue weighted by Crippen LogP contribution is -1.89. The molecule has 0 spiro atoms. The molecular formula is C40H20N2S4. The smallest absolute Gasteiger partial charge is 0.0717 e. The van der Waals surface area contributed by atoms with Gasteiger partial charge in [-0.05, 0) is 48.5 Å². The fraction of sp³-hybridized carbons (Fsp3) is 0. The Morgan fingerprint density at radius 3 is 1.24 bits per heavy atom. The van der Waals surface area contributed by atoms with E-state index in [-0.39, 0.29) is 0 Å². The van der Waals surface area contributed by atoms with E-state index in [1.165, 1.54) is 59.1 Å². The summed E-state index contributed by atoms with van der Waals surface area (Å²) in [6, 6.07) is 44.1. The van der Waals surface area contributed by atoms with Crippen molar-refractivity contribution in [1.29, 1.82) is 0 Å². The zero-order valence-electron chi connectivity index (χ0n) is 24.1. The molecule has 2 nitrogen and oxygen atoms in total. The number of pyridine rings is 2. The Hall–Kier alpha value is -4.72. The molecule has 0 radical (unpaired) electrons. The number of nitrogens with zero attached hydrogens (tertiary/aromatic N) is 2. The Morgan fingerprint density at radius 1 is 0.348 bits per heavy atom. The van der Waals surface area contributed by atoms with Gasteiger partial charge < -0.3 is 0 Å². The summed E-state index contributed by atoms with van der Waals surface area (Å²) in [5.41, 5.74) is 6.28. The first kappa shape index (κ1) is 25.5. The molecule has 0 bridgehead atoms. The van der Waals surface area contributed by atoms with Crippen molar-refractivity contribution in [3.8, 4) is 22.5 Å². The molecule has 0 atom stereocenters. The number of fused-ring (bicyclic) bond motifs is 12. The lowest BCUT2D eigenvalue weighted by molar-refractivity contribution is 1.39. The zero-order valence-corrected chi connectivity index (χ0v) is 27.3. The molecule has 0 saturated heterocycles. The van der Waals surface area contributed by atoms with Gasteiger partial charge in [-0.1, -0.05) is 72.8 Å². The summed E-state index contributed by atoms with van der Waals surface area (Å²) >= 11 is 7.57. The molecule has 5 aromatic carbocycles. The number of aromatic nitrogens is 2. The van der Waals surface area contributed by atoms with Gasteiger partial charge in [0.25, 0.3) is 0 Å². The number of thiophene rings is 4. The van der Waals surface area contributed by atoms with Gasteiger partial charge in [-0.2, -0.15) is 0 Å². The molecule has 0 N–H and O–H groups in total. The van der Waals surface area contributed by atoms with Crippen LogP contribution in [0.4, 0.5) is 0 Å². The molecule has 0 amide bonds. The maximum absolute atomic E-state index is 5.13. The van der Waals surface area contributed by atoms with Crippen molar-refractivity contribution in [2.24, 2.45) is 0 Å². The minimum atomic E-state index is 0.991. The Morgan fingerprint density at radius 2 is 0.761 bits per heavy atom. The second-order valence-corrected chi connectivity index (χ2v) is 16.0. The van der Waals surface area contributed by atoms with Crippen LogP contribution in [0.25, 0.3) is 103 Å². The second kappa shape index (κ2) is 9.41. The van der Waals surface area contributed by atoms with E-state index in [4.69, 9.17) is 9.97 Å². The molecule has 0 aliphatic heterocycles. The van der Waals surface area contributed by atoms with Gasteiger partial charge in [-0.25, -0.2) is 9.97 Å². The Bertz CT molecular complexity index is 2840. The predicted octanol–water partition coefficient (Wildman–Crippen LogP) is 13.3. The van der Waals surface area contributed by atoms with Gasteiger partial charge in [0.1, 0.15) is 0 Å². The van der Waals surface area contributed by atoms with Crippen LogP contribution >= 0.6 is 45.3 Å². The molecule has 11 rings (SSSR count). The van der Waals surface area contributed by atoms with Crippen molar-refractivity contribution < 1.29 is 0 Å². The van der Waals surface area contributed by atoms with Crippen molar-refractivity contribution in [3.05, 3.63) is 121 Å². The maximum Gasteiger partial charge on any atom is 0.0717 e. The van der Waals surface area contributed by atoms with Gasteiger partial charge in [0.2, 0.25) is 0 Å². The molecule has 6 heterocycles. The average molecular weight is 657 g/mol. The summed E-state index contributed by atoms with van der Waals surface area (Å²) in [5.74, 6) is 0. The highest BCUT2D eigenvalue weighted by Gasteiger charge is 2.15. The topological polar surface area (TPSA) is 25.8 Å². The van der Waals surface area contributed by atoms with Gasteiger partial charge >= 0.3 is 0 Å². The van der Waals surface area contributed by atoms with Crippen LogP contribution in [0, 0.1) is 0 Å². The molecule has 0 saturated carbocycles. The molecule has 0 unspecified atom stereocenters. The first-order chi connectivity index (χ1) is 22.7. The standard InChI is InChI=1S/C40H20N2S4/c1-3-7-33-25(5-1)37-39(43-33)27-13-9-23(19-35(27)45-37)29-15-11-21-18-32-22(17-31(21)41-29)12-16-30(42-32)24-10-14-28-36(20-24)46-38-26-6-2-4-8-34(26)44-40(28)38/h1-20H.